The summed E-state index contributed by atoms with van der Waals surface area (Å²) in [6, 6.07) is 6.49. The van der Waals surface area contributed by atoms with Gasteiger partial charge in [-0.3, -0.25) is 0 Å². The van der Waals surface area contributed by atoms with E-state index in [9.17, 15) is 0 Å². The van der Waals surface area contributed by atoms with Crippen molar-refractivity contribution in [3.8, 4) is 5.75 Å². The summed E-state index contributed by atoms with van der Waals surface area (Å²) >= 11 is 2.51. The van der Waals surface area contributed by atoms with E-state index >= 15 is 0 Å². The van der Waals surface area contributed by atoms with Crippen molar-refractivity contribution < 1.29 is 4.74 Å². The summed E-state index contributed by atoms with van der Waals surface area (Å²) in [5.41, 5.74) is 2.88. The number of benzene rings is 1. The zero-order chi connectivity index (χ0) is 16.3. The first-order valence-electron chi connectivity index (χ1n) is 8.07. The van der Waals surface area contributed by atoms with E-state index in [1.165, 1.54) is 27.5 Å². The van der Waals surface area contributed by atoms with Gasteiger partial charge in [0.15, 0.2) is 0 Å². The van der Waals surface area contributed by atoms with Gasteiger partial charge in [0.05, 0.1) is 7.11 Å². The lowest BCUT2D eigenvalue weighted by molar-refractivity contribution is 0.267. The molecule has 0 aliphatic heterocycles. The van der Waals surface area contributed by atoms with E-state index in [0.717, 1.165) is 5.75 Å². The lowest BCUT2D eigenvalue weighted by atomic mass is 9.72. The van der Waals surface area contributed by atoms with Crippen LogP contribution in [0.25, 0.3) is 6.08 Å². The Morgan fingerprint density at radius 3 is 2.64 bits per heavy atom. The molecule has 0 aromatic heterocycles. The van der Waals surface area contributed by atoms with Gasteiger partial charge in [0.2, 0.25) is 0 Å². The molecule has 0 heterocycles. The van der Waals surface area contributed by atoms with E-state index in [2.05, 4.69) is 86.7 Å². The number of allylic oxidation sites excluding steroid dienone is 3. The van der Waals surface area contributed by atoms with Crippen LogP contribution in [-0.4, -0.2) is 7.11 Å². The van der Waals surface area contributed by atoms with E-state index in [1.54, 1.807) is 7.11 Å². The number of ether oxygens (including phenoxy) is 1. The fraction of sp³-hybridized carbons (Fsp3) is 0.500. The van der Waals surface area contributed by atoms with Crippen molar-refractivity contribution in [3.05, 3.63) is 45.1 Å². The summed E-state index contributed by atoms with van der Waals surface area (Å²) < 4.78 is 6.95. The zero-order valence-corrected chi connectivity index (χ0v) is 16.5. The molecule has 1 aromatic rings. The van der Waals surface area contributed by atoms with Gasteiger partial charge in [-0.2, -0.15) is 0 Å². The molecule has 0 unspecified atom stereocenters. The van der Waals surface area contributed by atoms with Crippen molar-refractivity contribution in [2.45, 2.75) is 46.5 Å². The Morgan fingerprint density at radius 2 is 2.05 bits per heavy atom. The second-order valence-corrected chi connectivity index (χ2v) is 8.35. The average molecular weight is 410 g/mol. The largest absolute Gasteiger partial charge is 0.496 e. The number of rotatable bonds is 4. The van der Waals surface area contributed by atoms with Gasteiger partial charge < -0.3 is 4.74 Å². The normalized spacial score (nSPS) is 21.2. The molecule has 1 aromatic carbocycles. The molecule has 1 aliphatic rings. The van der Waals surface area contributed by atoms with Gasteiger partial charge in [-0.15, -0.1) is 0 Å². The highest BCUT2D eigenvalue weighted by Crippen LogP contribution is 2.44. The molecule has 2 heteroatoms. The van der Waals surface area contributed by atoms with Gasteiger partial charge in [-0.1, -0.05) is 52.0 Å². The van der Waals surface area contributed by atoms with Crippen LogP contribution in [0.5, 0.6) is 5.75 Å². The molecule has 0 fully saturated rings. The van der Waals surface area contributed by atoms with Crippen LogP contribution in [-0.2, 0) is 0 Å². The third-order valence-corrected chi connectivity index (χ3v) is 5.74. The van der Waals surface area contributed by atoms with Crippen molar-refractivity contribution in [3.63, 3.8) is 0 Å². The maximum absolute atomic E-state index is 5.47. The second-order valence-electron chi connectivity index (χ2n) is 7.11. The third-order valence-electron chi connectivity index (χ3n) is 4.62. The minimum Gasteiger partial charge on any atom is -0.496 e. The Labute approximate surface area is 149 Å². The van der Waals surface area contributed by atoms with Gasteiger partial charge in [0, 0.05) is 5.92 Å². The van der Waals surface area contributed by atoms with Gasteiger partial charge in [-0.25, -0.2) is 0 Å². The van der Waals surface area contributed by atoms with Gasteiger partial charge in [-0.05, 0) is 73.6 Å². The molecule has 0 bridgehead atoms. The van der Waals surface area contributed by atoms with E-state index < -0.39 is 0 Å². The Morgan fingerprint density at radius 1 is 1.32 bits per heavy atom. The van der Waals surface area contributed by atoms with Crippen LogP contribution in [0.3, 0.4) is 0 Å². The van der Waals surface area contributed by atoms with Crippen molar-refractivity contribution in [1.82, 2.24) is 0 Å². The van der Waals surface area contributed by atoms with E-state index in [-0.39, 0.29) is 0 Å². The molecule has 0 N–H and O–H groups in total. The molecule has 2 rings (SSSR count). The van der Waals surface area contributed by atoms with Crippen LogP contribution in [0.1, 0.15) is 57.6 Å². The Kier molecular flexibility index (Phi) is 5.76. The molecule has 0 spiro atoms. The number of halogens is 1. The molecular weight excluding hydrogens is 383 g/mol. The minimum atomic E-state index is 0.342. The number of hydrogen-bond acceptors (Lipinski definition) is 1. The fourth-order valence-corrected chi connectivity index (χ4v) is 4.47. The van der Waals surface area contributed by atoms with Crippen molar-refractivity contribution in [1.29, 1.82) is 0 Å². The highest BCUT2D eigenvalue weighted by atomic mass is 127. The van der Waals surface area contributed by atoms with Crippen LogP contribution in [0.2, 0.25) is 0 Å². The highest BCUT2D eigenvalue weighted by Gasteiger charge is 2.31. The van der Waals surface area contributed by atoms with Gasteiger partial charge >= 0.3 is 0 Å². The maximum Gasteiger partial charge on any atom is 0.122 e. The van der Waals surface area contributed by atoms with E-state index in [0.29, 0.717) is 17.3 Å². The molecule has 120 valence electrons. The Bertz CT molecular complexity index is 581. The molecule has 0 saturated carbocycles. The molecular formula is C20H27IO. The molecule has 1 nitrogen and oxygen atoms in total. The molecule has 0 saturated heterocycles. The lowest BCUT2D eigenvalue weighted by Crippen LogP contribution is -2.25. The van der Waals surface area contributed by atoms with E-state index in [4.69, 9.17) is 4.74 Å². The molecule has 1 atom stereocenters. The number of methoxy groups -OCH3 is 1. The quantitative estimate of drug-likeness (QED) is 0.509. The zero-order valence-electron chi connectivity index (χ0n) is 14.3. The van der Waals surface area contributed by atoms with Gasteiger partial charge in [0.25, 0.3) is 0 Å². The Balaban J connectivity index is 2.28. The fourth-order valence-electron chi connectivity index (χ4n) is 3.11. The second kappa shape index (κ2) is 7.20. The van der Waals surface area contributed by atoms with Crippen molar-refractivity contribution >= 4 is 28.7 Å². The Hall–Kier alpha value is -0.770. The monoisotopic (exact) mass is 410 g/mol. The minimum absolute atomic E-state index is 0.342. The summed E-state index contributed by atoms with van der Waals surface area (Å²) in [5, 5.41) is 0. The predicted molar refractivity (Wildman–Crippen MR) is 105 cm³/mol. The summed E-state index contributed by atoms with van der Waals surface area (Å²) in [6.45, 7) is 9.17. The van der Waals surface area contributed by atoms with Crippen LogP contribution < -0.4 is 4.74 Å². The highest BCUT2D eigenvalue weighted by molar-refractivity contribution is 14.1. The topological polar surface area (TPSA) is 9.23 Å². The summed E-state index contributed by atoms with van der Waals surface area (Å²) in [5.74, 6) is 1.97. The lowest BCUT2D eigenvalue weighted by Gasteiger charge is -2.35. The summed E-state index contributed by atoms with van der Waals surface area (Å²) in [6.07, 6.45) is 9.50. The van der Waals surface area contributed by atoms with Crippen molar-refractivity contribution in [2.24, 2.45) is 11.3 Å². The smallest absolute Gasteiger partial charge is 0.122 e. The molecule has 0 radical (unpaired) electrons. The van der Waals surface area contributed by atoms with Crippen LogP contribution >= 0.6 is 22.6 Å². The average Bonchev–Trinajstić information content (AvgIpc) is 2.45. The van der Waals surface area contributed by atoms with Crippen LogP contribution in [0.15, 0.2) is 33.9 Å². The summed E-state index contributed by atoms with van der Waals surface area (Å²) in [4.78, 5) is 0. The van der Waals surface area contributed by atoms with Crippen LogP contribution in [0.4, 0.5) is 0 Å². The molecule has 1 aliphatic carbocycles. The SMILES string of the molecule is COc1ccc(/C=C/[C@@H]2C(I)=CCCC2(C)C)cc1C(C)C. The first-order chi connectivity index (χ1) is 10.3. The van der Waals surface area contributed by atoms with Gasteiger partial charge in [0.1, 0.15) is 5.75 Å². The first-order valence-corrected chi connectivity index (χ1v) is 9.14. The standard InChI is InChI=1S/C20H27IO/c1-14(2)16-13-15(9-11-19(16)22-5)8-10-17-18(21)7-6-12-20(17,3)4/h7-11,13-14,17H,6,12H2,1-5H3/b10-8+/t17-/m1/s1. The molecule has 0 amide bonds. The molecule has 22 heavy (non-hydrogen) atoms. The first kappa shape index (κ1) is 17.6. The predicted octanol–water partition coefficient (Wildman–Crippen LogP) is 6.59. The van der Waals surface area contributed by atoms with E-state index in [1.807, 2.05) is 0 Å². The maximum atomic E-state index is 5.47. The summed E-state index contributed by atoms with van der Waals surface area (Å²) in [7, 11) is 1.74. The van der Waals surface area contributed by atoms with Crippen molar-refractivity contribution in [2.75, 3.05) is 7.11 Å². The van der Waals surface area contributed by atoms with Crippen LogP contribution in [0, 0.1) is 11.3 Å². The number of hydrogen-bond donors (Lipinski definition) is 0. The third kappa shape index (κ3) is 3.95.